The van der Waals surface area contributed by atoms with Gasteiger partial charge in [0.05, 0.1) is 12.0 Å². The van der Waals surface area contributed by atoms with Gasteiger partial charge in [-0.3, -0.25) is 0 Å². The van der Waals surface area contributed by atoms with E-state index in [9.17, 15) is 0 Å². The van der Waals surface area contributed by atoms with Crippen molar-refractivity contribution in [2.75, 3.05) is 0 Å². The predicted octanol–water partition coefficient (Wildman–Crippen LogP) is 4.93. The molecule has 0 unspecified atom stereocenters. The number of halogens is 1. The van der Waals surface area contributed by atoms with E-state index < -0.39 is 0 Å². The summed E-state index contributed by atoms with van der Waals surface area (Å²) in [5, 5.41) is 9.03. The van der Waals surface area contributed by atoms with Crippen LogP contribution in [0.25, 0.3) is 23.1 Å². The Morgan fingerprint density at radius 3 is 2.67 bits per heavy atom. The minimum Gasteiger partial charge on any atom is -0.459 e. The molecule has 8 heteroatoms. The summed E-state index contributed by atoms with van der Waals surface area (Å²) in [7, 11) is 0. The van der Waals surface area contributed by atoms with Gasteiger partial charge in [0.2, 0.25) is 5.89 Å². The van der Waals surface area contributed by atoms with Crippen molar-refractivity contribution >= 4 is 23.4 Å². The summed E-state index contributed by atoms with van der Waals surface area (Å²) in [6.07, 6.45) is 3.17. The second kappa shape index (κ2) is 6.54. The fourth-order valence-corrected chi connectivity index (χ4v) is 2.77. The lowest BCUT2D eigenvalue weighted by atomic mass is 10.2. The zero-order chi connectivity index (χ0) is 16.4. The summed E-state index contributed by atoms with van der Waals surface area (Å²) >= 11 is 7.25. The number of benzene rings is 1. The van der Waals surface area contributed by atoms with Crippen molar-refractivity contribution in [1.82, 2.24) is 15.2 Å². The third-order valence-corrected chi connectivity index (χ3v) is 4.23. The van der Waals surface area contributed by atoms with Crippen molar-refractivity contribution in [2.45, 2.75) is 11.0 Å². The largest absolute Gasteiger partial charge is 0.459 e. The van der Waals surface area contributed by atoms with Gasteiger partial charge in [0, 0.05) is 16.3 Å². The zero-order valence-corrected chi connectivity index (χ0v) is 13.8. The van der Waals surface area contributed by atoms with Crippen LogP contribution >= 0.6 is 23.4 Å². The van der Waals surface area contributed by atoms with E-state index in [2.05, 4.69) is 15.2 Å². The Morgan fingerprint density at radius 1 is 1.00 bits per heavy atom. The molecule has 0 saturated carbocycles. The van der Waals surface area contributed by atoms with Gasteiger partial charge in [0.1, 0.15) is 6.26 Å². The van der Waals surface area contributed by atoms with Crippen LogP contribution in [0.1, 0.15) is 5.69 Å². The van der Waals surface area contributed by atoms with E-state index in [4.69, 9.17) is 24.9 Å². The van der Waals surface area contributed by atoms with Crippen LogP contribution < -0.4 is 0 Å². The first-order valence-electron chi connectivity index (χ1n) is 6.98. The molecular weight excluding hydrogens is 350 g/mol. The van der Waals surface area contributed by atoms with E-state index in [1.54, 1.807) is 36.8 Å². The molecule has 0 aliphatic rings. The Bertz CT molecular complexity index is 932. The molecule has 1 aromatic carbocycles. The van der Waals surface area contributed by atoms with Crippen molar-refractivity contribution in [1.29, 1.82) is 0 Å². The molecule has 0 bridgehead atoms. The molecule has 6 nitrogen and oxygen atoms in total. The molecular formula is C16H10ClN3O3S. The van der Waals surface area contributed by atoms with E-state index in [1.807, 2.05) is 12.1 Å². The second-order valence-corrected chi connectivity index (χ2v) is 6.15. The Kier molecular flexibility index (Phi) is 4.10. The molecule has 0 amide bonds. The first-order chi connectivity index (χ1) is 11.8. The fraction of sp³-hybridized carbons (Fsp3) is 0.0625. The minimum absolute atomic E-state index is 0.351. The predicted molar refractivity (Wildman–Crippen MR) is 88.5 cm³/mol. The molecule has 0 saturated heterocycles. The highest BCUT2D eigenvalue weighted by Crippen LogP contribution is 2.27. The Morgan fingerprint density at radius 2 is 1.88 bits per heavy atom. The number of nitrogens with zero attached hydrogens (tertiary/aromatic N) is 3. The molecule has 0 N–H and O–H groups in total. The monoisotopic (exact) mass is 359 g/mol. The summed E-state index contributed by atoms with van der Waals surface area (Å²) in [4.78, 5) is 4.44. The molecule has 4 rings (SSSR count). The van der Waals surface area contributed by atoms with Gasteiger partial charge in [-0.05, 0) is 36.4 Å². The molecule has 0 fully saturated rings. The van der Waals surface area contributed by atoms with Crippen LogP contribution in [-0.2, 0) is 5.75 Å². The van der Waals surface area contributed by atoms with E-state index in [0.29, 0.717) is 33.5 Å². The zero-order valence-electron chi connectivity index (χ0n) is 12.2. The second-order valence-electron chi connectivity index (χ2n) is 4.79. The summed E-state index contributed by atoms with van der Waals surface area (Å²) in [6, 6.07) is 10.8. The highest BCUT2D eigenvalue weighted by molar-refractivity contribution is 7.98. The summed E-state index contributed by atoms with van der Waals surface area (Å²) in [5.74, 6) is 1.99. The molecule has 0 atom stereocenters. The highest BCUT2D eigenvalue weighted by atomic mass is 35.5. The average Bonchev–Trinajstić information content (AvgIpc) is 3.34. The summed E-state index contributed by atoms with van der Waals surface area (Å²) < 4.78 is 16.2. The molecule has 0 aliphatic carbocycles. The standard InChI is InChI=1S/C16H10ClN3O3S/c17-11-5-3-10(4-6-11)14-18-12(8-22-14)9-24-16-20-19-15(23-16)13-2-1-7-21-13/h1-8H,9H2. The molecule has 4 aromatic rings. The molecule has 0 spiro atoms. The van der Waals surface area contributed by atoms with Crippen LogP contribution in [-0.4, -0.2) is 15.2 Å². The third kappa shape index (κ3) is 3.22. The lowest BCUT2D eigenvalue weighted by Gasteiger charge is -1.94. The Labute approximate surface area is 145 Å². The topological polar surface area (TPSA) is 78.1 Å². The summed E-state index contributed by atoms with van der Waals surface area (Å²) in [6.45, 7) is 0. The number of hydrogen-bond acceptors (Lipinski definition) is 7. The Hall–Kier alpha value is -2.51. The van der Waals surface area contributed by atoms with Crippen molar-refractivity contribution in [2.24, 2.45) is 0 Å². The van der Waals surface area contributed by atoms with Gasteiger partial charge in [-0.25, -0.2) is 4.98 Å². The first-order valence-corrected chi connectivity index (χ1v) is 8.35. The number of furan rings is 1. The van der Waals surface area contributed by atoms with Crippen molar-refractivity contribution < 1.29 is 13.3 Å². The Balaban J connectivity index is 1.42. The minimum atomic E-state index is 0.351. The molecule has 120 valence electrons. The molecule has 3 heterocycles. The van der Waals surface area contributed by atoms with E-state index in [1.165, 1.54) is 11.8 Å². The van der Waals surface area contributed by atoms with E-state index in [0.717, 1.165) is 11.3 Å². The van der Waals surface area contributed by atoms with Gasteiger partial charge in [-0.2, -0.15) is 0 Å². The quantitative estimate of drug-likeness (QED) is 0.467. The summed E-state index contributed by atoms with van der Waals surface area (Å²) in [5.41, 5.74) is 1.65. The number of rotatable bonds is 5. The van der Waals surface area contributed by atoms with Crippen LogP contribution in [0.5, 0.6) is 0 Å². The number of hydrogen-bond donors (Lipinski definition) is 0. The molecule has 0 radical (unpaired) electrons. The number of aromatic nitrogens is 3. The smallest absolute Gasteiger partial charge is 0.284 e. The molecule has 3 aromatic heterocycles. The lowest BCUT2D eigenvalue weighted by Crippen LogP contribution is -1.82. The average molecular weight is 360 g/mol. The van der Waals surface area contributed by atoms with Gasteiger partial charge >= 0.3 is 0 Å². The fourth-order valence-electron chi connectivity index (χ4n) is 2.00. The van der Waals surface area contributed by atoms with Crippen LogP contribution in [0, 0.1) is 0 Å². The number of oxazole rings is 1. The SMILES string of the molecule is Clc1ccc(-c2nc(CSc3nnc(-c4ccco4)o3)co2)cc1. The first kappa shape index (κ1) is 15.0. The highest BCUT2D eigenvalue weighted by Gasteiger charge is 2.13. The van der Waals surface area contributed by atoms with Crippen molar-refractivity contribution in [3.8, 4) is 23.1 Å². The van der Waals surface area contributed by atoms with E-state index >= 15 is 0 Å². The number of thioether (sulfide) groups is 1. The maximum absolute atomic E-state index is 5.88. The van der Waals surface area contributed by atoms with Crippen molar-refractivity contribution in [3.05, 3.63) is 59.6 Å². The normalized spacial score (nSPS) is 11.0. The van der Waals surface area contributed by atoms with Gasteiger partial charge in [-0.15, -0.1) is 10.2 Å². The molecule has 0 aliphatic heterocycles. The molecule has 24 heavy (non-hydrogen) atoms. The third-order valence-electron chi connectivity index (χ3n) is 3.12. The van der Waals surface area contributed by atoms with Crippen LogP contribution in [0.2, 0.25) is 5.02 Å². The van der Waals surface area contributed by atoms with Gasteiger partial charge in [-0.1, -0.05) is 23.4 Å². The van der Waals surface area contributed by atoms with Gasteiger partial charge in [0.25, 0.3) is 11.1 Å². The van der Waals surface area contributed by atoms with E-state index in [-0.39, 0.29) is 0 Å². The van der Waals surface area contributed by atoms with Crippen molar-refractivity contribution in [3.63, 3.8) is 0 Å². The van der Waals surface area contributed by atoms with Gasteiger partial charge in [0.15, 0.2) is 5.76 Å². The van der Waals surface area contributed by atoms with Gasteiger partial charge < -0.3 is 13.3 Å². The maximum atomic E-state index is 5.88. The maximum Gasteiger partial charge on any atom is 0.284 e. The van der Waals surface area contributed by atoms with Crippen LogP contribution in [0.4, 0.5) is 0 Å². The lowest BCUT2D eigenvalue weighted by molar-refractivity contribution is 0.447. The van der Waals surface area contributed by atoms with Crippen LogP contribution in [0.15, 0.2) is 67.4 Å². The van der Waals surface area contributed by atoms with Crippen LogP contribution in [0.3, 0.4) is 0 Å².